The standard InChI is InChI=1S/C57H40N6/c1-58-53(42-26-14-5-15-27-42)60-54(59-38-39-20-8-2-9-21-39)45-32-34-47-49(36-45)51(40-22-10-3-11-23-40)48-35-33-46(37-50(48)52(47)41-24-12-4-13-25-41)57-62-55(43-28-16-6-17-29-43)61-56(63-57)44-30-18-7-19-31-44/h2-37H,1,38H2. The molecule has 0 atom stereocenters. The van der Waals surface area contributed by atoms with E-state index in [0.717, 1.165) is 77.2 Å². The molecule has 0 bridgehead atoms. The minimum atomic E-state index is 0.452. The van der Waals surface area contributed by atoms with Gasteiger partial charge in [0, 0.05) is 27.8 Å². The van der Waals surface area contributed by atoms with Crippen LogP contribution in [0.1, 0.15) is 16.7 Å². The van der Waals surface area contributed by atoms with E-state index in [2.05, 4.69) is 121 Å². The molecule has 1 heterocycles. The first kappa shape index (κ1) is 38.7. The van der Waals surface area contributed by atoms with Crippen LogP contribution in [0, 0.1) is 0 Å². The number of benzene rings is 9. The minimum absolute atomic E-state index is 0.452. The summed E-state index contributed by atoms with van der Waals surface area (Å²) in [4.78, 5) is 29.9. The molecule has 0 saturated heterocycles. The number of nitrogens with zero attached hydrogens (tertiary/aromatic N) is 6. The lowest BCUT2D eigenvalue weighted by Crippen LogP contribution is -2.06. The van der Waals surface area contributed by atoms with Crippen molar-refractivity contribution in [3.63, 3.8) is 0 Å². The summed E-state index contributed by atoms with van der Waals surface area (Å²) in [6.45, 7) is 4.36. The molecule has 0 fully saturated rings. The molecule has 1 aromatic heterocycles. The molecule has 6 heteroatoms. The second-order valence-electron chi connectivity index (χ2n) is 15.1. The normalized spacial score (nSPS) is 11.8. The Morgan fingerprint density at radius 1 is 0.365 bits per heavy atom. The van der Waals surface area contributed by atoms with Crippen LogP contribution in [-0.2, 0) is 6.54 Å². The highest BCUT2D eigenvalue weighted by Gasteiger charge is 2.21. The SMILES string of the molecule is C=NC(=NC(=NCc1ccccc1)c1ccc2c(-c3ccccc3)c3cc(-c4nc(-c5ccccc5)nc(-c5ccccc5)n4)ccc3c(-c3ccccc3)c2c1)c1ccccc1. The van der Waals surface area contributed by atoms with Gasteiger partial charge >= 0.3 is 0 Å². The molecule has 0 aliphatic heterocycles. The van der Waals surface area contributed by atoms with Gasteiger partial charge < -0.3 is 0 Å². The Labute approximate surface area is 366 Å². The van der Waals surface area contributed by atoms with Crippen molar-refractivity contribution in [2.45, 2.75) is 6.54 Å². The second kappa shape index (κ2) is 17.6. The first-order chi connectivity index (χ1) is 31.2. The first-order valence-corrected chi connectivity index (χ1v) is 20.9. The zero-order valence-electron chi connectivity index (χ0n) is 34.4. The zero-order valence-corrected chi connectivity index (χ0v) is 34.4. The van der Waals surface area contributed by atoms with Crippen molar-refractivity contribution in [3.05, 3.63) is 235 Å². The summed E-state index contributed by atoms with van der Waals surface area (Å²) in [6, 6.07) is 74.7. The fourth-order valence-corrected chi connectivity index (χ4v) is 8.10. The summed E-state index contributed by atoms with van der Waals surface area (Å²) in [5.74, 6) is 2.91. The van der Waals surface area contributed by atoms with E-state index in [0.29, 0.717) is 35.7 Å². The molecular weight excluding hydrogens is 769 g/mol. The van der Waals surface area contributed by atoms with Crippen LogP contribution < -0.4 is 0 Å². The van der Waals surface area contributed by atoms with Crippen LogP contribution in [0.25, 0.3) is 78.0 Å². The fourth-order valence-electron chi connectivity index (χ4n) is 8.10. The van der Waals surface area contributed by atoms with Gasteiger partial charge in [0.05, 0.1) is 6.54 Å². The van der Waals surface area contributed by atoms with E-state index in [1.165, 1.54) is 0 Å². The highest BCUT2D eigenvalue weighted by molar-refractivity contribution is 6.23. The zero-order chi connectivity index (χ0) is 42.4. The van der Waals surface area contributed by atoms with E-state index in [-0.39, 0.29) is 0 Å². The number of amidine groups is 2. The van der Waals surface area contributed by atoms with Gasteiger partial charge in [-0.25, -0.2) is 24.9 Å². The predicted octanol–water partition coefficient (Wildman–Crippen LogP) is 13.6. The first-order valence-electron chi connectivity index (χ1n) is 20.9. The molecule has 0 spiro atoms. The van der Waals surface area contributed by atoms with Gasteiger partial charge in [-0.15, -0.1) is 0 Å². The lowest BCUT2D eigenvalue weighted by molar-refractivity contribution is 1.06. The van der Waals surface area contributed by atoms with E-state index in [1.54, 1.807) is 0 Å². The Kier molecular flexibility index (Phi) is 10.8. The largest absolute Gasteiger partial charge is 0.261 e. The Hall–Kier alpha value is -8.48. The smallest absolute Gasteiger partial charge is 0.164 e. The highest BCUT2D eigenvalue weighted by atomic mass is 15.0. The van der Waals surface area contributed by atoms with Crippen LogP contribution >= 0.6 is 0 Å². The Morgan fingerprint density at radius 2 is 0.794 bits per heavy atom. The molecule has 0 radical (unpaired) electrons. The van der Waals surface area contributed by atoms with E-state index in [9.17, 15) is 0 Å². The van der Waals surface area contributed by atoms with Gasteiger partial charge in [0.15, 0.2) is 29.1 Å². The monoisotopic (exact) mass is 808 g/mol. The molecule has 0 amide bonds. The van der Waals surface area contributed by atoms with Crippen LogP contribution in [0.4, 0.5) is 0 Å². The summed E-state index contributed by atoms with van der Waals surface area (Å²) in [5.41, 5.74) is 9.97. The molecular formula is C57H40N6. The number of hydrogen-bond acceptors (Lipinski definition) is 4. The average Bonchev–Trinajstić information content (AvgIpc) is 3.37. The summed E-state index contributed by atoms with van der Waals surface area (Å²) >= 11 is 0. The van der Waals surface area contributed by atoms with E-state index in [1.807, 2.05) is 109 Å². The van der Waals surface area contributed by atoms with Crippen molar-refractivity contribution < 1.29 is 0 Å². The Balaban J connectivity index is 1.24. The Morgan fingerprint density at radius 3 is 1.30 bits per heavy atom. The van der Waals surface area contributed by atoms with E-state index < -0.39 is 0 Å². The number of aliphatic imine (C=N–C) groups is 3. The van der Waals surface area contributed by atoms with Crippen LogP contribution in [0.2, 0.25) is 0 Å². The lowest BCUT2D eigenvalue weighted by atomic mass is 9.84. The van der Waals surface area contributed by atoms with Crippen LogP contribution in [0.15, 0.2) is 233 Å². The van der Waals surface area contributed by atoms with Crippen molar-refractivity contribution in [2.75, 3.05) is 0 Å². The topological polar surface area (TPSA) is 75.8 Å². The van der Waals surface area contributed by atoms with Gasteiger partial charge in [-0.1, -0.05) is 206 Å². The molecule has 10 aromatic rings. The molecule has 0 unspecified atom stereocenters. The maximum Gasteiger partial charge on any atom is 0.164 e. The van der Waals surface area contributed by atoms with Crippen LogP contribution in [-0.4, -0.2) is 33.3 Å². The average molecular weight is 809 g/mol. The number of hydrogen-bond donors (Lipinski definition) is 0. The molecule has 0 aliphatic rings. The fraction of sp³-hybridized carbons (Fsp3) is 0.0175. The molecule has 63 heavy (non-hydrogen) atoms. The van der Waals surface area contributed by atoms with Crippen molar-refractivity contribution in [3.8, 4) is 56.4 Å². The van der Waals surface area contributed by atoms with Crippen LogP contribution in [0.3, 0.4) is 0 Å². The number of rotatable bonds is 9. The summed E-state index contributed by atoms with van der Waals surface area (Å²) in [5, 5.41) is 4.35. The molecule has 10 rings (SSSR count). The van der Waals surface area contributed by atoms with Gasteiger partial charge in [0.2, 0.25) is 0 Å². The quantitative estimate of drug-likeness (QED) is 0.0828. The summed E-state index contributed by atoms with van der Waals surface area (Å²) in [6.07, 6.45) is 0. The van der Waals surface area contributed by atoms with Crippen molar-refractivity contribution in [1.82, 2.24) is 15.0 Å². The van der Waals surface area contributed by atoms with Gasteiger partial charge in [-0.05, 0) is 68.2 Å². The molecule has 298 valence electrons. The molecule has 9 aromatic carbocycles. The second-order valence-corrected chi connectivity index (χ2v) is 15.1. The lowest BCUT2D eigenvalue weighted by Gasteiger charge is -2.19. The summed E-state index contributed by atoms with van der Waals surface area (Å²) in [7, 11) is 0. The third-order valence-electron chi connectivity index (χ3n) is 11.1. The van der Waals surface area contributed by atoms with Gasteiger partial charge in [-0.3, -0.25) is 4.99 Å². The van der Waals surface area contributed by atoms with Crippen molar-refractivity contribution in [1.29, 1.82) is 0 Å². The molecule has 0 N–H and O–H groups in total. The number of aromatic nitrogens is 3. The van der Waals surface area contributed by atoms with E-state index in [4.69, 9.17) is 24.9 Å². The molecule has 0 aliphatic carbocycles. The van der Waals surface area contributed by atoms with E-state index >= 15 is 0 Å². The van der Waals surface area contributed by atoms with Gasteiger partial charge in [0.1, 0.15) is 0 Å². The van der Waals surface area contributed by atoms with Gasteiger partial charge in [-0.2, -0.15) is 0 Å². The third-order valence-corrected chi connectivity index (χ3v) is 11.1. The molecule has 6 nitrogen and oxygen atoms in total. The third kappa shape index (κ3) is 8.09. The molecule has 0 saturated carbocycles. The highest BCUT2D eigenvalue weighted by Crippen LogP contribution is 2.45. The van der Waals surface area contributed by atoms with Crippen molar-refractivity contribution >= 4 is 39.9 Å². The maximum absolute atomic E-state index is 5.16. The van der Waals surface area contributed by atoms with Gasteiger partial charge in [0.25, 0.3) is 0 Å². The predicted molar refractivity (Wildman–Crippen MR) is 261 cm³/mol. The number of fused-ring (bicyclic) bond motifs is 2. The summed E-state index contributed by atoms with van der Waals surface area (Å²) < 4.78 is 0. The Bertz CT molecular complexity index is 3220. The van der Waals surface area contributed by atoms with Crippen molar-refractivity contribution in [2.24, 2.45) is 15.0 Å². The maximum atomic E-state index is 5.16. The minimum Gasteiger partial charge on any atom is -0.261 e. The van der Waals surface area contributed by atoms with Crippen LogP contribution in [0.5, 0.6) is 0 Å².